The molecule has 1 fully saturated rings. The van der Waals surface area contributed by atoms with Crippen LogP contribution in [0.15, 0.2) is 23.0 Å². The molecule has 1 aromatic heterocycles. The Labute approximate surface area is 147 Å². The molecule has 2 aliphatic rings. The Balaban J connectivity index is 1.80. The number of H-pyrrole nitrogens is 1. The Morgan fingerprint density at radius 2 is 2.00 bits per heavy atom. The molecule has 1 atom stereocenters. The van der Waals surface area contributed by atoms with Crippen molar-refractivity contribution >= 4 is 23.3 Å². The lowest BCUT2D eigenvalue weighted by atomic mass is 9.87. The van der Waals surface area contributed by atoms with E-state index in [4.69, 9.17) is 16.3 Å². The van der Waals surface area contributed by atoms with Crippen LogP contribution in [0.3, 0.4) is 0 Å². The monoisotopic (exact) mass is 365 g/mol. The maximum Gasteiger partial charge on any atom is 0.270 e. The summed E-state index contributed by atoms with van der Waals surface area (Å²) in [4.78, 5) is 24.8. The standard InChI is InChI=1S/C17H17ClFN3O3/c18-12-7-9(1-2-13(12)19)11-8-14(23)20-16-15(11)17(24)21-22(16)10-3-5-25-6-4-10/h1-2,7,10-11H,3-6,8H2,(H,20,23)(H,21,24). The van der Waals surface area contributed by atoms with E-state index in [1.54, 1.807) is 10.7 Å². The average molecular weight is 366 g/mol. The number of nitrogens with one attached hydrogen (secondary N) is 2. The molecule has 2 aromatic rings. The molecule has 0 bridgehead atoms. The van der Waals surface area contributed by atoms with Gasteiger partial charge in [-0.05, 0) is 30.5 Å². The Morgan fingerprint density at radius 3 is 2.72 bits per heavy atom. The molecule has 0 aliphatic carbocycles. The molecule has 0 saturated carbocycles. The van der Waals surface area contributed by atoms with Crippen molar-refractivity contribution in [2.24, 2.45) is 0 Å². The highest BCUT2D eigenvalue weighted by Crippen LogP contribution is 2.38. The molecule has 8 heteroatoms. The van der Waals surface area contributed by atoms with Crippen LogP contribution in [0.2, 0.25) is 5.02 Å². The van der Waals surface area contributed by atoms with E-state index in [0.29, 0.717) is 30.2 Å². The van der Waals surface area contributed by atoms with Gasteiger partial charge in [-0.3, -0.25) is 19.4 Å². The SMILES string of the molecule is O=C1CC(c2ccc(F)c(Cl)c2)c2c(n(C3CCOCC3)[nH]c2=O)N1. The largest absolute Gasteiger partial charge is 0.381 e. The van der Waals surface area contributed by atoms with Crippen molar-refractivity contribution in [1.82, 2.24) is 9.78 Å². The van der Waals surface area contributed by atoms with Gasteiger partial charge in [0.15, 0.2) is 0 Å². The number of aromatic amines is 1. The van der Waals surface area contributed by atoms with Crippen LogP contribution in [0.25, 0.3) is 0 Å². The summed E-state index contributed by atoms with van der Waals surface area (Å²) in [6.07, 6.45) is 1.65. The third kappa shape index (κ3) is 2.87. The molecule has 1 saturated heterocycles. The highest BCUT2D eigenvalue weighted by molar-refractivity contribution is 6.30. The smallest absolute Gasteiger partial charge is 0.270 e. The van der Waals surface area contributed by atoms with E-state index in [0.717, 1.165) is 12.8 Å². The molecular weight excluding hydrogens is 349 g/mol. The number of nitrogens with zero attached hydrogens (tertiary/aromatic N) is 1. The van der Waals surface area contributed by atoms with Crippen LogP contribution in [0, 0.1) is 5.82 Å². The number of carbonyl (C=O) groups is 1. The van der Waals surface area contributed by atoms with Crippen molar-refractivity contribution in [2.75, 3.05) is 18.5 Å². The fraction of sp³-hybridized carbons (Fsp3) is 0.412. The number of amides is 1. The lowest BCUT2D eigenvalue weighted by Crippen LogP contribution is -2.28. The predicted octanol–water partition coefficient (Wildman–Crippen LogP) is 2.79. The van der Waals surface area contributed by atoms with Crippen LogP contribution < -0.4 is 10.9 Å². The van der Waals surface area contributed by atoms with Crippen LogP contribution in [0.1, 0.15) is 42.3 Å². The number of benzene rings is 1. The normalized spacial score (nSPS) is 21.0. The van der Waals surface area contributed by atoms with Gasteiger partial charge in [0, 0.05) is 25.6 Å². The number of halogens is 2. The first-order chi connectivity index (χ1) is 12.0. The summed E-state index contributed by atoms with van der Waals surface area (Å²) in [5, 5.41) is 5.65. The number of fused-ring (bicyclic) bond motifs is 1. The molecule has 1 amide bonds. The van der Waals surface area contributed by atoms with Crippen LogP contribution >= 0.6 is 11.6 Å². The molecule has 0 spiro atoms. The molecule has 3 heterocycles. The number of anilines is 1. The molecule has 25 heavy (non-hydrogen) atoms. The van der Waals surface area contributed by atoms with Gasteiger partial charge < -0.3 is 10.1 Å². The number of ether oxygens (including phenoxy) is 1. The highest BCUT2D eigenvalue weighted by atomic mass is 35.5. The first-order valence-corrected chi connectivity index (χ1v) is 8.59. The van der Waals surface area contributed by atoms with Crippen molar-refractivity contribution in [1.29, 1.82) is 0 Å². The van der Waals surface area contributed by atoms with Crippen LogP contribution in [-0.2, 0) is 9.53 Å². The van der Waals surface area contributed by atoms with Gasteiger partial charge in [-0.15, -0.1) is 0 Å². The van der Waals surface area contributed by atoms with E-state index in [1.165, 1.54) is 12.1 Å². The average Bonchev–Trinajstić information content (AvgIpc) is 2.94. The number of aromatic nitrogens is 2. The topological polar surface area (TPSA) is 76.1 Å². The van der Waals surface area contributed by atoms with E-state index >= 15 is 0 Å². The van der Waals surface area contributed by atoms with Gasteiger partial charge in [0.05, 0.1) is 16.6 Å². The molecule has 2 aliphatic heterocycles. The summed E-state index contributed by atoms with van der Waals surface area (Å²) in [7, 11) is 0. The summed E-state index contributed by atoms with van der Waals surface area (Å²) in [6.45, 7) is 1.23. The molecule has 132 valence electrons. The molecule has 1 unspecified atom stereocenters. The van der Waals surface area contributed by atoms with Gasteiger partial charge in [0.1, 0.15) is 11.6 Å². The summed E-state index contributed by atoms with van der Waals surface area (Å²) in [6, 6.07) is 4.38. The zero-order chi connectivity index (χ0) is 17.6. The lowest BCUT2D eigenvalue weighted by Gasteiger charge is -2.28. The minimum Gasteiger partial charge on any atom is -0.381 e. The van der Waals surface area contributed by atoms with Gasteiger partial charge in [-0.25, -0.2) is 4.39 Å². The second kappa shape index (κ2) is 6.31. The lowest BCUT2D eigenvalue weighted by molar-refractivity contribution is -0.116. The first kappa shape index (κ1) is 16.4. The van der Waals surface area contributed by atoms with Gasteiger partial charge in [-0.2, -0.15) is 0 Å². The molecule has 2 N–H and O–H groups in total. The number of hydrogen-bond donors (Lipinski definition) is 2. The van der Waals surface area contributed by atoms with Gasteiger partial charge in [-0.1, -0.05) is 17.7 Å². The zero-order valence-corrected chi connectivity index (χ0v) is 14.1. The van der Waals surface area contributed by atoms with Crippen molar-refractivity contribution in [3.8, 4) is 0 Å². The van der Waals surface area contributed by atoms with Gasteiger partial charge in [0.25, 0.3) is 5.56 Å². The molecule has 4 rings (SSSR count). The van der Waals surface area contributed by atoms with E-state index in [1.807, 2.05) is 0 Å². The summed E-state index contributed by atoms with van der Waals surface area (Å²) < 4.78 is 20.6. The van der Waals surface area contributed by atoms with Crippen LogP contribution in [0.5, 0.6) is 0 Å². The van der Waals surface area contributed by atoms with E-state index in [2.05, 4.69) is 10.4 Å². The fourth-order valence-corrected chi connectivity index (χ4v) is 3.80. The first-order valence-electron chi connectivity index (χ1n) is 8.21. The quantitative estimate of drug-likeness (QED) is 0.859. The third-order valence-electron chi connectivity index (χ3n) is 4.86. The van der Waals surface area contributed by atoms with E-state index in [-0.39, 0.29) is 29.0 Å². The maximum absolute atomic E-state index is 13.5. The van der Waals surface area contributed by atoms with Crippen molar-refractivity contribution in [3.05, 3.63) is 50.5 Å². The van der Waals surface area contributed by atoms with Crippen LogP contribution in [-0.4, -0.2) is 28.9 Å². The predicted molar refractivity (Wildman–Crippen MR) is 90.6 cm³/mol. The number of hydrogen-bond acceptors (Lipinski definition) is 3. The fourth-order valence-electron chi connectivity index (χ4n) is 3.62. The van der Waals surface area contributed by atoms with Crippen molar-refractivity contribution < 1.29 is 13.9 Å². The minimum absolute atomic E-state index is 0.0228. The third-order valence-corrected chi connectivity index (χ3v) is 5.15. The summed E-state index contributed by atoms with van der Waals surface area (Å²) in [5.74, 6) is -0.664. The summed E-state index contributed by atoms with van der Waals surface area (Å²) in [5.41, 5.74) is 0.901. The number of rotatable bonds is 2. The van der Waals surface area contributed by atoms with Crippen molar-refractivity contribution in [2.45, 2.75) is 31.2 Å². The zero-order valence-electron chi connectivity index (χ0n) is 13.4. The second-order valence-electron chi connectivity index (χ2n) is 6.40. The van der Waals surface area contributed by atoms with E-state index in [9.17, 15) is 14.0 Å². The minimum atomic E-state index is -0.528. The Bertz CT molecular complexity index is 886. The van der Waals surface area contributed by atoms with Gasteiger partial charge >= 0.3 is 0 Å². The molecule has 6 nitrogen and oxygen atoms in total. The van der Waals surface area contributed by atoms with Crippen LogP contribution in [0.4, 0.5) is 10.2 Å². The summed E-state index contributed by atoms with van der Waals surface area (Å²) >= 11 is 5.88. The Morgan fingerprint density at radius 1 is 1.24 bits per heavy atom. The second-order valence-corrected chi connectivity index (χ2v) is 6.80. The van der Waals surface area contributed by atoms with Gasteiger partial charge in [0.2, 0.25) is 5.91 Å². The Hall–Kier alpha value is -2.12. The molecular formula is C17H17ClFN3O3. The number of carbonyl (C=O) groups excluding carboxylic acids is 1. The highest BCUT2D eigenvalue weighted by Gasteiger charge is 2.34. The molecule has 0 radical (unpaired) electrons. The van der Waals surface area contributed by atoms with Crippen molar-refractivity contribution in [3.63, 3.8) is 0 Å². The Kier molecular flexibility index (Phi) is 4.13. The molecule has 1 aromatic carbocycles. The van der Waals surface area contributed by atoms with E-state index < -0.39 is 11.7 Å². The maximum atomic E-state index is 13.5.